The average Bonchev–Trinajstić information content (AvgIpc) is 2.84. The number of nitrogens with one attached hydrogen (secondary N) is 1. The Hall–Kier alpha value is -2.78. The smallest absolute Gasteiger partial charge is 0.243 e. The van der Waals surface area contributed by atoms with Gasteiger partial charge in [0.05, 0.1) is 31.7 Å². The summed E-state index contributed by atoms with van der Waals surface area (Å²) < 4.78 is 38.5. The van der Waals surface area contributed by atoms with Crippen LogP contribution in [0.4, 0.5) is 0 Å². The molecule has 0 spiro atoms. The summed E-state index contributed by atoms with van der Waals surface area (Å²) >= 11 is 11.9. The molecule has 3 aromatic rings. The summed E-state index contributed by atoms with van der Waals surface area (Å²) in [4.78, 5) is 13.0. The van der Waals surface area contributed by atoms with Gasteiger partial charge in [0.2, 0.25) is 15.9 Å². The minimum absolute atomic E-state index is 0.0136. The summed E-state index contributed by atoms with van der Waals surface area (Å²) in [7, 11) is -0.927. The molecule has 0 aliphatic heterocycles. The lowest BCUT2D eigenvalue weighted by Gasteiger charge is -2.23. The van der Waals surface area contributed by atoms with Crippen LogP contribution in [0.5, 0.6) is 11.5 Å². The van der Waals surface area contributed by atoms with Crippen LogP contribution in [-0.4, -0.2) is 39.4 Å². The highest BCUT2D eigenvalue weighted by Gasteiger charge is 2.27. The molecule has 7 nitrogen and oxygen atoms in total. The van der Waals surface area contributed by atoms with Crippen molar-refractivity contribution in [2.45, 2.75) is 24.4 Å². The quantitative estimate of drug-likeness (QED) is 0.390. The third-order valence-electron chi connectivity index (χ3n) is 5.33. The van der Waals surface area contributed by atoms with Crippen LogP contribution in [0.3, 0.4) is 0 Å². The first kappa shape index (κ1) is 26.8. The van der Waals surface area contributed by atoms with Crippen molar-refractivity contribution in [2.75, 3.05) is 20.8 Å². The Balaban J connectivity index is 1.83. The van der Waals surface area contributed by atoms with Gasteiger partial charge in [-0.2, -0.15) is 4.31 Å². The molecule has 3 rings (SSSR count). The van der Waals surface area contributed by atoms with Crippen LogP contribution in [0.25, 0.3) is 0 Å². The minimum atomic E-state index is -4.00. The van der Waals surface area contributed by atoms with Gasteiger partial charge < -0.3 is 14.8 Å². The van der Waals surface area contributed by atoms with Gasteiger partial charge in [-0.3, -0.25) is 4.79 Å². The molecule has 0 aromatic heterocycles. The van der Waals surface area contributed by atoms with Gasteiger partial charge in [0.15, 0.2) is 11.5 Å². The minimum Gasteiger partial charge on any atom is -0.493 e. The average molecular weight is 537 g/mol. The molecule has 0 aliphatic rings. The molecule has 0 bridgehead atoms. The van der Waals surface area contributed by atoms with Gasteiger partial charge >= 0.3 is 0 Å². The summed E-state index contributed by atoms with van der Waals surface area (Å²) in [6, 6.07) is 17.5. The molecule has 186 valence electrons. The monoisotopic (exact) mass is 536 g/mol. The number of methoxy groups -OCH3 is 2. The standard InChI is InChI=1S/C25H26Cl2N2O5S/c1-17(19-6-13-23(33-2)24(14-19)34-3)28-25(30)16-29(15-18-4-7-20(26)8-5-18)35(31,32)22-11-9-21(27)10-12-22/h4-14,17H,15-16H2,1-3H3,(H,28,30)/t17-/m0/s1. The first-order valence-electron chi connectivity index (χ1n) is 10.7. The molecule has 0 aliphatic carbocycles. The van der Waals surface area contributed by atoms with Crippen molar-refractivity contribution in [2.24, 2.45) is 0 Å². The third-order valence-corrected chi connectivity index (χ3v) is 7.64. The highest BCUT2D eigenvalue weighted by atomic mass is 35.5. The summed E-state index contributed by atoms with van der Waals surface area (Å²) in [5, 5.41) is 3.80. The Morgan fingerprint density at radius 1 is 0.914 bits per heavy atom. The van der Waals surface area contributed by atoms with Crippen molar-refractivity contribution in [1.82, 2.24) is 9.62 Å². The van der Waals surface area contributed by atoms with E-state index in [-0.39, 0.29) is 18.0 Å². The van der Waals surface area contributed by atoms with E-state index in [1.807, 2.05) is 6.07 Å². The van der Waals surface area contributed by atoms with Gasteiger partial charge in [0, 0.05) is 16.6 Å². The zero-order chi connectivity index (χ0) is 25.6. The number of benzene rings is 3. The van der Waals surface area contributed by atoms with E-state index in [1.54, 1.807) is 50.4 Å². The van der Waals surface area contributed by atoms with Crippen LogP contribution in [0.15, 0.2) is 71.6 Å². The number of hydrogen-bond acceptors (Lipinski definition) is 5. The number of carbonyl (C=O) groups excluding carboxylic acids is 1. The first-order chi connectivity index (χ1) is 16.6. The zero-order valence-electron chi connectivity index (χ0n) is 19.5. The maximum atomic E-state index is 13.4. The highest BCUT2D eigenvalue weighted by Crippen LogP contribution is 2.30. The number of carbonyl (C=O) groups is 1. The second-order valence-corrected chi connectivity index (χ2v) is 10.6. The number of ether oxygens (including phenoxy) is 2. The Labute approximate surface area is 215 Å². The molecule has 1 N–H and O–H groups in total. The molecule has 0 saturated carbocycles. The van der Waals surface area contributed by atoms with E-state index >= 15 is 0 Å². The lowest BCUT2D eigenvalue weighted by molar-refractivity contribution is -0.122. The van der Waals surface area contributed by atoms with Crippen LogP contribution in [0.2, 0.25) is 10.0 Å². The molecule has 0 radical (unpaired) electrons. The fourth-order valence-corrected chi connectivity index (χ4v) is 5.06. The number of amides is 1. The SMILES string of the molecule is COc1ccc([C@H](C)NC(=O)CN(Cc2ccc(Cl)cc2)S(=O)(=O)c2ccc(Cl)cc2)cc1OC. The lowest BCUT2D eigenvalue weighted by Crippen LogP contribution is -2.41. The zero-order valence-corrected chi connectivity index (χ0v) is 21.8. The van der Waals surface area contributed by atoms with Crippen molar-refractivity contribution in [1.29, 1.82) is 0 Å². The molecule has 0 saturated heterocycles. The Morgan fingerprint density at radius 2 is 1.49 bits per heavy atom. The van der Waals surface area contributed by atoms with Crippen molar-refractivity contribution in [3.63, 3.8) is 0 Å². The molecule has 1 amide bonds. The van der Waals surface area contributed by atoms with E-state index in [1.165, 1.54) is 31.4 Å². The maximum Gasteiger partial charge on any atom is 0.243 e. The number of nitrogens with zero attached hydrogens (tertiary/aromatic N) is 1. The van der Waals surface area contributed by atoms with Gasteiger partial charge in [-0.15, -0.1) is 0 Å². The molecular formula is C25H26Cl2N2O5S. The van der Waals surface area contributed by atoms with Crippen LogP contribution in [0.1, 0.15) is 24.1 Å². The first-order valence-corrected chi connectivity index (χ1v) is 12.8. The second kappa shape index (κ2) is 11.8. The summed E-state index contributed by atoms with van der Waals surface area (Å²) in [6.07, 6.45) is 0. The Bertz CT molecular complexity index is 1270. The Morgan fingerprint density at radius 3 is 2.06 bits per heavy atom. The lowest BCUT2D eigenvalue weighted by atomic mass is 10.1. The molecule has 0 unspecified atom stereocenters. The van der Waals surface area contributed by atoms with E-state index in [4.69, 9.17) is 32.7 Å². The predicted molar refractivity (Wildman–Crippen MR) is 137 cm³/mol. The number of rotatable bonds is 10. The van der Waals surface area contributed by atoms with Gasteiger partial charge in [-0.05, 0) is 66.6 Å². The second-order valence-electron chi connectivity index (χ2n) is 7.76. The van der Waals surface area contributed by atoms with Gasteiger partial charge in [0.1, 0.15) is 0 Å². The molecule has 3 aromatic carbocycles. The van der Waals surface area contributed by atoms with E-state index in [9.17, 15) is 13.2 Å². The summed E-state index contributed by atoms with van der Waals surface area (Å²) in [5.74, 6) is 0.637. The van der Waals surface area contributed by atoms with Crippen LogP contribution < -0.4 is 14.8 Å². The van der Waals surface area contributed by atoms with E-state index in [0.29, 0.717) is 27.1 Å². The topological polar surface area (TPSA) is 84.9 Å². The maximum absolute atomic E-state index is 13.4. The van der Waals surface area contributed by atoms with E-state index < -0.39 is 22.0 Å². The predicted octanol–water partition coefficient (Wildman–Crippen LogP) is 5.08. The fourth-order valence-electron chi connectivity index (χ4n) is 3.43. The number of halogens is 2. The summed E-state index contributed by atoms with van der Waals surface area (Å²) in [5.41, 5.74) is 1.47. The van der Waals surface area contributed by atoms with Crippen LogP contribution in [-0.2, 0) is 21.4 Å². The number of hydrogen-bond donors (Lipinski definition) is 1. The largest absolute Gasteiger partial charge is 0.493 e. The van der Waals surface area contributed by atoms with Crippen LogP contribution in [0, 0.1) is 0 Å². The molecule has 0 heterocycles. The van der Waals surface area contributed by atoms with E-state index in [2.05, 4.69) is 5.32 Å². The van der Waals surface area contributed by atoms with Crippen molar-refractivity contribution >= 4 is 39.1 Å². The molecule has 35 heavy (non-hydrogen) atoms. The van der Waals surface area contributed by atoms with Crippen molar-refractivity contribution < 1.29 is 22.7 Å². The van der Waals surface area contributed by atoms with Gasteiger partial charge in [-0.25, -0.2) is 8.42 Å². The normalized spacial score (nSPS) is 12.3. The summed E-state index contributed by atoms with van der Waals surface area (Å²) in [6.45, 7) is 1.40. The third kappa shape index (κ3) is 6.89. The van der Waals surface area contributed by atoms with Crippen molar-refractivity contribution in [3.8, 4) is 11.5 Å². The van der Waals surface area contributed by atoms with Gasteiger partial charge in [0.25, 0.3) is 0 Å². The molecular weight excluding hydrogens is 511 g/mol. The fraction of sp³-hybridized carbons (Fsp3) is 0.240. The van der Waals surface area contributed by atoms with E-state index in [0.717, 1.165) is 9.87 Å². The number of sulfonamides is 1. The molecule has 10 heteroatoms. The van der Waals surface area contributed by atoms with Crippen LogP contribution >= 0.6 is 23.2 Å². The van der Waals surface area contributed by atoms with Gasteiger partial charge in [-0.1, -0.05) is 41.4 Å². The molecule has 0 fully saturated rings. The van der Waals surface area contributed by atoms with Crippen molar-refractivity contribution in [3.05, 3.63) is 87.9 Å². The highest BCUT2D eigenvalue weighted by molar-refractivity contribution is 7.89. The molecule has 1 atom stereocenters. The Kier molecular flexibility index (Phi) is 9.02.